The largest absolute Gasteiger partial charge is 0.344 e. The third-order valence-corrected chi connectivity index (χ3v) is 4.25. The van der Waals surface area contributed by atoms with Gasteiger partial charge in [-0.15, -0.1) is 0 Å². The number of benzene rings is 1. The summed E-state index contributed by atoms with van der Waals surface area (Å²) in [4.78, 5) is 7.05. The lowest BCUT2D eigenvalue weighted by Crippen LogP contribution is -2.35. The third kappa shape index (κ3) is 1.58. The maximum absolute atomic E-state index is 5.79. The van der Waals surface area contributed by atoms with Gasteiger partial charge < -0.3 is 10.6 Å². The maximum Gasteiger partial charge on any atom is 0.186 e. The SMILES string of the molecule is NCC1CCCN1c1nc2ccccc2s1. The fraction of sp³-hybridized carbons (Fsp3) is 0.417. The zero-order chi connectivity index (χ0) is 11.0. The van der Waals surface area contributed by atoms with Crippen LogP contribution in [0.2, 0.25) is 0 Å². The highest BCUT2D eigenvalue weighted by molar-refractivity contribution is 7.22. The highest BCUT2D eigenvalue weighted by Crippen LogP contribution is 2.32. The maximum atomic E-state index is 5.79. The Morgan fingerprint density at radius 3 is 3.12 bits per heavy atom. The van der Waals surface area contributed by atoms with E-state index in [1.54, 1.807) is 11.3 Å². The van der Waals surface area contributed by atoms with Crippen LogP contribution in [-0.4, -0.2) is 24.1 Å². The predicted molar refractivity (Wildman–Crippen MR) is 69.0 cm³/mol. The summed E-state index contributed by atoms with van der Waals surface area (Å²) in [5.74, 6) is 0. The molecule has 0 bridgehead atoms. The molecule has 4 heteroatoms. The summed E-state index contributed by atoms with van der Waals surface area (Å²) in [5.41, 5.74) is 6.89. The van der Waals surface area contributed by atoms with E-state index >= 15 is 0 Å². The molecule has 2 N–H and O–H groups in total. The van der Waals surface area contributed by atoms with Crippen LogP contribution in [0.4, 0.5) is 5.13 Å². The van der Waals surface area contributed by atoms with E-state index < -0.39 is 0 Å². The van der Waals surface area contributed by atoms with Gasteiger partial charge in [-0.25, -0.2) is 4.98 Å². The van der Waals surface area contributed by atoms with Gasteiger partial charge in [0.25, 0.3) is 0 Å². The van der Waals surface area contributed by atoms with Crippen molar-refractivity contribution in [3.63, 3.8) is 0 Å². The van der Waals surface area contributed by atoms with Crippen LogP contribution in [0.1, 0.15) is 12.8 Å². The van der Waals surface area contributed by atoms with Gasteiger partial charge in [0.2, 0.25) is 0 Å². The van der Waals surface area contributed by atoms with Gasteiger partial charge in [-0.3, -0.25) is 0 Å². The topological polar surface area (TPSA) is 42.1 Å². The number of hydrogen-bond acceptors (Lipinski definition) is 4. The van der Waals surface area contributed by atoms with E-state index in [2.05, 4.69) is 28.1 Å². The number of para-hydroxylation sites is 1. The summed E-state index contributed by atoms with van der Waals surface area (Å²) >= 11 is 1.77. The van der Waals surface area contributed by atoms with Gasteiger partial charge in [-0.2, -0.15) is 0 Å². The lowest BCUT2D eigenvalue weighted by Gasteiger charge is -2.22. The van der Waals surface area contributed by atoms with Crippen LogP contribution in [0.3, 0.4) is 0 Å². The number of fused-ring (bicyclic) bond motifs is 1. The minimum absolute atomic E-state index is 0.487. The molecule has 84 valence electrons. The fourth-order valence-corrected chi connectivity index (χ4v) is 3.38. The van der Waals surface area contributed by atoms with Crippen molar-refractivity contribution >= 4 is 26.7 Å². The van der Waals surface area contributed by atoms with Gasteiger partial charge in [0, 0.05) is 19.1 Å². The Bertz CT molecular complexity index is 461. The van der Waals surface area contributed by atoms with Crippen molar-refractivity contribution in [2.75, 3.05) is 18.0 Å². The van der Waals surface area contributed by atoms with Crippen LogP contribution >= 0.6 is 11.3 Å². The standard InChI is InChI=1S/C12H15N3S/c13-8-9-4-3-7-15(9)12-14-10-5-1-2-6-11(10)16-12/h1-2,5-6,9H,3-4,7-8,13H2. The Labute approximate surface area is 98.9 Å². The van der Waals surface area contributed by atoms with Crippen LogP contribution in [-0.2, 0) is 0 Å². The van der Waals surface area contributed by atoms with Crippen LogP contribution in [0.5, 0.6) is 0 Å². The third-order valence-electron chi connectivity index (χ3n) is 3.18. The molecule has 0 aliphatic carbocycles. The first-order valence-corrected chi connectivity index (χ1v) is 6.52. The molecular formula is C12H15N3S. The fourth-order valence-electron chi connectivity index (χ4n) is 2.32. The molecule has 0 radical (unpaired) electrons. The molecule has 2 heterocycles. The van der Waals surface area contributed by atoms with Gasteiger partial charge in [0.1, 0.15) is 0 Å². The molecule has 2 aromatic rings. The summed E-state index contributed by atoms with van der Waals surface area (Å²) in [5, 5.41) is 1.13. The zero-order valence-corrected chi connectivity index (χ0v) is 9.91. The highest BCUT2D eigenvalue weighted by atomic mass is 32.1. The Kier molecular flexibility index (Phi) is 2.53. The lowest BCUT2D eigenvalue weighted by atomic mass is 10.2. The van der Waals surface area contributed by atoms with Gasteiger partial charge in [0.15, 0.2) is 5.13 Å². The Hall–Kier alpha value is -1.13. The van der Waals surface area contributed by atoms with E-state index in [-0.39, 0.29) is 0 Å². The monoisotopic (exact) mass is 233 g/mol. The van der Waals surface area contributed by atoms with Gasteiger partial charge in [-0.1, -0.05) is 23.5 Å². The smallest absolute Gasteiger partial charge is 0.186 e. The van der Waals surface area contributed by atoms with E-state index in [4.69, 9.17) is 5.73 Å². The van der Waals surface area contributed by atoms with Crippen LogP contribution < -0.4 is 10.6 Å². The van der Waals surface area contributed by atoms with E-state index in [0.29, 0.717) is 6.04 Å². The predicted octanol–water partition coefficient (Wildman–Crippen LogP) is 2.22. The second-order valence-corrected chi connectivity index (χ2v) is 5.20. The molecule has 0 amide bonds. The first kappa shape index (κ1) is 10.1. The first-order valence-electron chi connectivity index (χ1n) is 5.71. The summed E-state index contributed by atoms with van der Waals surface area (Å²) < 4.78 is 1.26. The Balaban J connectivity index is 1.99. The van der Waals surface area contributed by atoms with Crippen molar-refractivity contribution in [3.05, 3.63) is 24.3 Å². The number of nitrogens with zero attached hydrogens (tertiary/aromatic N) is 2. The van der Waals surface area contributed by atoms with Crippen molar-refractivity contribution in [1.82, 2.24) is 4.98 Å². The molecule has 1 saturated heterocycles. The van der Waals surface area contributed by atoms with Crippen LogP contribution in [0.25, 0.3) is 10.2 Å². The zero-order valence-electron chi connectivity index (χ0n) is 9.10. The lowest BCUT2D eigenvalue weighted by molar-refractivity contribution is 0.676. The molecule has 3 rings (SSSR count). The highest BCUT2D eigenvalue weighted by Gasteiger charge is 2.25. The van der Waals surface area contributed by atoms with Crippen LogP contribution in [0, 0.1) is 0 Å². The average molecular weight is 233 g/mol. The van der Waals surface area contributed by atoms with Crippen molar-refractivity contribution in [1.29, 1.82) is 0 Å². The van der Waals surface area contributed by atoms with Crippen molar-refractivity contribution in [3.8, 4) is 0 Å². The summed E-state index contributed by atoms with van der Waals surface area (Å²) in [6.45, 7) is 1.83. The summed E-state index contributed by atoms with van der Waals surface area (Å²) in [6, 6.07) is 8.79. The van der Waals surface area contributed by atoms with Gasteiger partial charge in [0.05, 0.1) is 10.2 Å². The molecule has 1 aromatic carbocycles. The molecule has 1 atom stereocenters. The summed E-state index contributed by atoms with van der Waals surface area (Å²) in [6.07, 6.45) is 2.43. The van der Waals surface area contributed by atoms with Crippen molar-refractivity contribution < 1.29 is 0 Å². The number of aromatic nitrogens is 1. The normalized spacial score (nSPS) is 20.8. The van der Waals surface area contributed by atoms with Crippen LogP contribution in [0.15, 0.2) is 24.3 Å². The number of nitrogens with two attached hydrogens (primary N) is 1. The number of rotatable bonds is 2. The Morgan fingerprint density at radius 2 is 2.31 bits per heavy atom. The van der Waals surface area contributed by atoms with E-state index in [1.165, 1.54) is 17.5 Å². The minimum atomic E-state index is 0.487. The molecule has 0 spiro atoms. The molecule has 1 fully saturated rings. The van der Waals surface area contributed by atoms with Gasteiger partial charge in [-0.05, 0) is 25.0 Å². The summed E-state index contributed by atoms with van der Waals surface area (Å²) in [7, 11) is 0. The molecular weight excluding hydrogens is 218 g/mol. The van der Waals surface area contributed by atoms with Crippen molar-refractivity contribution in [2.45, 2.75) is 18.9 Å². The number of thiazole rings is 1. The number of hydrogen-bond donors (Lipinski definition) is 1. The van der Waals surface area contributed by atoms with E-state index in [9.17, 15) is 0 Å². The average Bonchev–Trinajstić information content (AvgIpc) is 2.94. The number of anilines is 1. The van der Waals surface area contributed by atoms with Gasteiger partial charge >= 0.3 is 0 Å². The first-order chi connectivity index (χ1) is 7.88. The second kappa shape index (κ2) is 4.03. The molecule has 1 aliphatic heterocycles. The quantitative estimate of drug-likeness (QED) is 0.865. The Morgan fingerprint density at radius 1 is 1.44 bits per heavy atom. The van der Waals surface area contributed by atoms with E-state index in [1.807, 2.05) is 6.07 Å². The molecule has 3 nitrogen and oxygen atoms in total. The van der Waals surface area contributed by atoms with E-state index in [0.717, 1.165) is 23.7 Å². The molecule has 1 unspecified atom stereocenters. The second-order valence-electron chi connectivity index (χ2n) is 4.19. The molecule has 1 aliphatic rings. The minimum Gasteiger partial charge on any atom is -0.344 e. The molecule has 1 aromatic heterocycles. The molecule has 0 saturated carbocycles. The molecule has 16 heavy (non-hydrogen) atoms. The van der Waals surface area contributed by atoms with Crippen molar-refractivity contribution in [2.24, 2.45) is 5.73 Å².